The first-order valence-corrected chi connectivity index (χ1v) is 15.9. The third-order valence-electron chi connectivity index (χ3n) is 7.72. The second kappa shape index (κ2) is 14.3. The lowest BCUT2D eigenvalue weighted by atomic mass is 9.98. The summed E-state index contributed by atoms with van der Waals surface area (Å²) < 4.78 is 17.8. The molecular formula is C32H34N6O4S2. The average molecular weight is 631 g/mol. The molecule has 1 aromatic heterocycles. The summed E-state index contributed by atoms with van der Waals surface area (Å²) in [6.07, 6.45) is 4.26. The first-order valence-electron chi connectivity index (χ1n) is 14.7. The lowest BCUT2D eigenvalue weighted by Crippen LogP contribution is -2.38. The van der Waals surface area contributed by atoms with E-state index in [1.165, 1.54) is 11.8 Å². The van der Waals surface area contributed by atoms with Gasteiger partial charge in [0.15, 0.2) is 5.82 Å². The summed E-state index contributed by atoms with van der Waals surface area (Å²) in [4.78, 5) is 18.0. The Morgan fingerprint density at radius 3 is 2.70 bits per heavy atom. The highest BCUT2D eigenvalue weighted by Crippen LogP contribution is 2.37. The Kier molecular flexibility index (Phi) is 9.81. The monoisotopic (exact) mass is 630 g/mol. The number of aryl methyl sites for hydroxylation is 1. The molecule has 2 saturated heterocycles. The van der Waals surface area contributed by atoms with Crippen molar-refractivity contribution >= 4 is 51.1 Å². The number of tetrazole rings is 1. The second-order valence-corrected chi connectivity index (χ2v) is 12.3. The fourth-order valence-electron chi connectivity index (χ4n) is 5.30. The van der Waals surface area contributed by atoms with Crippen LogP contribution in [0.4, 0.5) is 0 Å². The molecule has 2 fully saturated rings. The van der Waals surface area contributed by atoms with Gasteiger partial charge < -0.3 is 14.2 Å². The zero-order chi connectivity index (χ0) is 30.3. The van der Waals surface area contributed by atoms with Crippen LogP contribution in [0.5, 0.6) is 11.5 Å². The number of thioether (sulfide) groups is 1. The number of unbranched alkanes of at least 4 members (excludes halogenated alkanes) is 1. The van der Waals surface area contributed by atoms with Gasteiger partial charge in [-0.25, -0.2) is 0 Å². The van der Waals surface area contributed by atoms with E-state index in [2.05, 4.69) is 55.9 Å². The molecule has 2 aliphatic heterocycles. The standard InChI is InChI=1S/C32H34N6O4S2/c1-40-26-9-8-23-20-25(7-6-24(23)21-26)27-18-22(5-10-28(27)42-17-14-37-12-15-41-16-13-37)19-29-31(39)38(32(43)44-29)11-3-2-4-30-33-35-36-34-30/h5-10,18-21H,2-4,11-17H2,1H3,(H,33,34,35,36)/b29-19-. The van der Waals surface area contributed by atoms with Crippen LogP contribution < -0.4 is 9.47 Å². The number of nitrogens with one attached hydrogen (secondary N) is 1. The molecule has 0 radical (unpaired) electrons. The first kappa shape index (κ1) is 30.2. The molecule has 3 heterocycles. The van der Waals surface area contributed by atoms with Crippen LogP contribution in [0.1, 0.15) is 24.2 Å². The molecule has 0 bridgehead atoms. The van der Waals surface area contributed by atoms with Crippen molar-refractivity contribution in [2.75, 3.05) is 53.1 Å². The molecule has 10 nitrogen and oxygen atoms in total. The highest BCUT2D eigenvalue weighted by molar-refractivity contribution is 8.26. The van der Waals surface area contributed by atoms with Crippen molar-refractivity contribution in [2.45, 2.75) is 19.3 Å². The van der Waals surface area contributed by atoms with Crippen LogP contribution in [0.25, 0.3) is 28.0 Å². The van der Waals surface area contributed by atoms with E-state index < -0.39 is 0 Å². The molecule has 0 atom stereocenters. The molecule has 1 N–H and O–H groups in total. The second-order valence-electron chi connectivity index (χ2n) is 10.6. The largest absolute Gasteiger partial charge is 0.497 e. The number of H-pyrrole nitrogens is 1. The summed E-state index contributed by atoms with van der Waals surface area (Å²) in [6, 6.07) is 18.5. The van der Waals surface area contributed by atoms with Crippen molar-refractivity contribution < 1.29 is 19.0 Å². The van der Waals surface area contributed by atoms with E-state index in [-0.39, 0.29) is 5.91 Å². The quantitative estimate of drug-likeness (QED) is 0.131. The molecule has 3 aromatic carbocycles. The zero-order valence-electron chi connectivity index (χ0n) is 24.5. The van der Waals surface area contributed by atoms with Crippen LogP contribution in [0.3, 0.4) is 0 Å². The van der Waals surface area contributed by atoms with Gasteiger partial charge >= 0.3 is 0 Å². The van der Waals surface area contributed by atoms with E-state index in [4.69, 9.17) is 26.4 Å². The van der Waals surface area contributed by atoms with E-state index >= 15 is 0 Å². The maximum atomic E-state index is 13.3. The number of carbonyl (C=O) groups is 1. The van der Waals surface area contributed by atoms with Crippen molar-refractivity contribution in [3.63, 3.8) is 0 Å². The predicted octanol–water partition coefficient (Wildman–Crippen LogP) is 4.96. The van der Waals surface area contributed by atoms with Crippen molar-refractivity contribution in [2.24, 2.45) is 0 Å². The number of methoxy groups -OCH3 is 1. The minimum absolute atomic E-state index is 0.0633. The number of fused-ring (bicyclic) bond motifs is 1. The smallest absolute Gasteiger partial charge is 0.266 e. The van der Waals surface area contributed by atoms with Gasteiger partial charge in [0.05, 0.1) is 25.2 Å². The highest BCUT2D eigenvalue weighted by Gasteiger charge is 2.31. The van der Waals surface area contributed by atoms with Gasteiger partial charge in [0, 0.05) is 38.2 Å². The molecule has 4 aromatic rings. The number of benzene rings is 3. The molecule has 0 spiro atoms. The summed E-state index contributed by atoms with van der Waals surface area (Å²) in [5.74, 6) is 2.23. The van der Waals surface area contributed by atoms with Gasteiger partial charge in [-0.05, 0) is 71.1 Å². The number of nitrogens with zero attached hydrogens (tertiary/aromatic N) is 5. The molecule has 2 aliphatic rings. The number of hydrogen-bond acceptors (Lipinski definition) is 10. The normalized spacial score (nSPS) is 16.8. The van der Waals surface area contributed by atoms with Gasteiger partial charge in [-0.1, -0.05) is 53.5 Å². The number of morpholine rings is 1. The Bertz CT molecular complexity index is 1660. The Morgan fingerprint density at radius 1 is 1.05 bits per heavy atom. The van der Waals surface area contributed by atoms with Crippen LogP contribution in [-0.2, 0) is 16.0 Å². The summed E-state index contributed by atoms with van der Waals surface area (Å²) in [7, 11) is 1.67. The Hall–Kier alpha value is -3.84. The van der Waals surface area contributed by atoms with E-state index in [1.807, 2.05) is 30.3 Å². The molecule has 12 heteroatoms. The van der Waals surface area contributed by atoms with Gasteiger partial charge in [-0.3, -0.25) is 14.6 Å². The molecule has 6 rings (SSSR count). The van der Waals surface area contributed by atoms with Crippen LogP contribution in [0.2, 0.25) is 0 Å². The topological polar surface area (TPSA) is 106 Å². The van der Waals surface area contributed by atoms with Crippen LogP contribution in [-0.4, -0.2) is 93.8 Å². The van der Waals surface area contributed by atoms with Crippen molar-refractivity contribution in [3.05, 3.63) is 70.9 Å². The molecule has 0 saturated carbocycles. The predicted molar refractivity (Wildman–Crippen MR) is 176 cm³/mol. The van der Waals surface area contributed by atoms with E-state index in [0.717, 1.165) is 84.7 Å². The van der Waals surface area contributed by atoms with Crippen molar-refractivity contribution in [3.8, 4) is 22.6 Å². The Balaban J connectivity index is 1.21. The minimum atomic E-state index is -0.0633. The SMILES string of the molecule is COc1ccc2cc(-c3cc(/C=C4\SC(=S)N(CCCCc5nn[nH]n5)C4=O)ccc3OCCN3CCOCC3)ccc2c1. The van der Waals surface area contributed by atoms with E-state index in [9.17, 15) is 4.79 Å². The Morgan fingerprint density at radius 2 is 1.89 bits per heavy atom. The summed E-state index contributed by atoms with van der Waals surface area (Å²) >= 11 is 6.92. The number of rotatable bonds is 12. The van der Waals surface area contributed by atoms with Crippen LogP contribution in [0.15, 0.2) is 59.5 Å². The molecule has 0 unspecified atom stereocenters. The fourth-order valence-corrected chi connectivity index (χ4v) is 6.61. The van der Waals surface area contributed by atoms with Gasteiger partial charge in [-0.2, -0.15) is 5.21 Å². The summed E-state index contributed by atoms with van der Waals surface area (Å²) in [5.41, 5.74) is 2.91. The lowest BCUT2D eigenvalue weighted by Gasteiger charge is -2.26. The average Bonchev–Trinajstić information content (AvgIpc) is 3.67. The van der Waals surface area contributed by atoms with Crippen LogP contribution >= 0.6 is 24.0 Å². The number of carbonyl (C=O) groups excluding carboxylic acids is 1. The Labute approximate surface area is 265 Å². The third-order valence-corrected chi connectivity index (χ3v) is 9.10. The summed E-state index contributed by atoms with van der Waals surface area (Å²) in [5, 5.41) is 16.2. The van der Waals surface area contributed by atoms with E-state index in [0.29, 0.717) is 34.6 Å². The minimum Gasteiger partial charge on any atom is -0.497 e. The zero-order valence-corrected chi connectivity index (χ0v) is 26.2. The number of hydrogen-bond donors (Lipinski definition) is 1. The van der Waals surface area contributed by atoms with Gasteiger partial charge in [-0.15, -0.1) is 10.2 Å². The van der Waals surface area contributed by atoms with Gasteiger partial charge in [0.1, 0.15) is 22.4 Å². The molecular weight excluding hydrogens is 597 g/mol. The highest BCUT2D eigenvalue weighted by atomic mass is 32.2. The molecule has 44 heavy (non-hydrogen) atoms. The van der Waals surface area contributed by atoms with Gasteiger partial charge in [0.2, 0.25) is 0 Å². The number of aromatic amines is 1. The van der Waals surface area contributed by atoms with Gasteiger partial charge in [0.25, 0.3) is 5.91 Å². The maximum absolute atomic E-state index is 13.3. The number of amides is 1. The lowest BCUT2D eigenvalue weighted by molar-refractivity contribution is -0.122. The third kappa shape index (κ3) is 7.27. The van der Waals surface area contributed by atoms with Crippen molar-refractivity contribution in [1.82, 2.24) is 30.4 Å². The fraction of sp³-hybridized carbons (Fsp3) is 0.344. The van der Waals surface area contributed by atoms with Crippen LogP contribution in [0, 0.1) is 0 Å². The first-order chi connectivity index (χ1) is 21.6. The number of aromatic nitrogens is 4. The number of thiocarbonyl (C=S) groups is 1. The maximum Gasteiger partial charge on any atom is 0.266 e. The summed E-state index contributed by atoms with van der Waals surface area (Å²) in [6.45, 7) is 5.31. The van der Waals surface area contributed by atoms with E-state index in [1.54, 1.807) is 12.0 Å². The molecule has 1 amide bonds. The molecule has 0 aliphatic carbocycles. The van der Waals surface area contributed by atoms with Crippen molar-refractivity contribution in [1.29, 1.82) is 0 Å². The number of ether oxygens (including phenoxy) is 3. The molecule has 228 valence electrons.